The normalized spacial score (nSPS) is 11.3. The molecule has 12 heteroatoms. The summed E-state index contributed by atoms with van der Waals surface area (Å²) in [5.74, 6) is -1.89. The van der Waals surface area contributed by atoms with Crippen molar-refractivity contribution in [3.63, 3.8) is 0 Å². The van der Waals surface area contributed by atoms with E-state index in [2.05, 4.69) is 0 Å². The molecule has 2 radical (unpaired) electrons. The molecule has 12 nitrogen and oxygen atoms in total. The van der Waals surface area contributed by atoms with Crippen LogP contribution < -0.4 is 20.7 Å². The van der Waals surface area contributed by atoms with Crippen molar-refractivity contribution in [3.8, 4) is 46.0 Å². The third-order valence-corrected chi connectivity index (χ3v) is 6.68. The first-order valence-corrected chi connectivity index (χ1v) is 13.7. The van der Waals surface area contributed by atoms with E-state index in [0.29, 0.717) is 11.1 Å². The first-order valence-electron chi connectivity index (χ1n) is 13.7. The minimum Gasteiger partial charge on any atom is -0.507 e. The van der Waals surface area contributed by atoms with Gasteiger partial charge in [0.25, 0.3) is 0 Å². The van der Waals surface area contributed by atoms with Crippen molar-refractivity contribution in [2.24, 2.45) is 0 Å². The second kappa shape index (κ2) is 13.6. The second-order valence-electron chi connectivity index (χ2n) is 10.0. The van der Waals surface area contributed by atoms with Gasteiger partial charge in [0.15, 0.2) is 34.5 Å². The molecule has 3 aromatic carbocycles. The summed E-state index contributed by atoms with van der Waals surface area (Å²) in [6, 6.07) is 15.0. The van der Waals surface area contributed by atoms with E-state index in [-0.39, 0.29) is 62.7 Å². The van der Waals surface area contributed by atoms with Gasteiger partial charge in [0.1, 0.15) is 47.4 Å². The predicted molar refractivity (Wildman–Crippen MR) is 169 cm³/mol. The summed E-state index contributed by atoms with van der Waals surface area (Å²) >= 11 is 0. The SMILES string of the molecule is [CH]c1ccc(OCc2c(O)cc(C=Cc3ccc(O)c(O)c3)oc2=O)c(OCc2c(O)cc(C=Cc3ccc(O)c(O)c3)oc2=O)c1. The van der Waals surface area contributed by atoms with Gasteiger partial charge in [-0.15, -0.1) is 0 Å². The molecule has 47 heavy (non-hydrogen) atoms. The topological polar surface area (TPSA) is 200 Å². The molecule has 0 aliphatic heterocycles. The molecular weight excluding hydrogens is 612 g/mol. The Morgan fingerprint density at radius 3 is 1.45 bits per heavy atom. The molecular formula is C35H26O12. The highest BCUT2D eigenvalue weighted by atomic mass is 16.5. The molecule has 0 atom stereocenters. The van der Waals surface area contributed by atoms with Gasteiger partial charge in [0, 0.05) is 12.1 Å². The first-order chi connectivity index (χ1) is 22.5. The zero-order chi connectivity index (χ0) is 33.7. The smallest absolute Gasteiger partial charge is 0.346 e. The van der Waals surface area contributed by atoms with E-state index in [0.717, 1.165) is 0 Å². The maximum absolute atomic E-state index is 12.6. The zero-order valence-electron chi connectivity index (χ0n) is 24.3. The third kappa shape index (κ3) is 7.75. The summed E-state index contributed by atoms with van der Waals surface area (Å²) < 4.78 is 21.9. The van der Waals surface area contributed by atoms with Crippen LogP contribution in [0.2, 0.25) is 0 Å². The minimum absolute atomic E-state index is 0.0107. The van der Waals surface area contributed by atoms with Crippen LogP contribution in [0.3, 0.4) is 0 Å². The average molecular weight is 639 g/mol. The Morgan fingerprint density at radius 2 is 1.00 bits per heavy atom. The average Bonchev–Trinajstić information content (AvgIpc) is 3.02. The van der Waals surface area contributed by atoms with Crippen molar-refractivity contribution in [1.29, 1.82) is 0 Å². The fraction of sp³-hybridized carbons (Fsp3) is 0.0571. The van der Waals surface area contributed by atoms with Crippen LogP contribution in [-0.2, 0) is 13.2 Å². The number of phenols is 4. The van der Waals surface area contributed by atoms with E-state index in [4.69, 9.17) is 25.2 Å². The molecule has 0 aliphatic carbocycles. The van der Waals surface area contributed by atoms with E-state index in [1.165, 1.54) is 91.0 Å². The fourth-order valence-corrected chi connectivity index (χ4v) is 4.18. The molecule has 0 amide bonds. The molecule has 0 fully saturated rings. The van der Waals surface area contributed by atoms with Crippen LogP contribution in [0.25, 0.3) is 24.3 Å². The summed E-state index contributed by atoms with van der Waals surface area (Å²) in [5.41, 5.74) is -0.894. The Hall–Kier alpha value is -6.56. The van der Waals surface area contributed by atoms with Gasteiger partial charge < -0.3 is 48.9 Å². The summed E-state index contributed by atoms with van der Waals surface area (Å²) in [4.78, 5) is 25.3. The minimum atomic E-state index is -0.886. The summed E-state index contributed by atoms with van der Waals surface area (Å²) in [6.45, 7) is 5.01. The van der Waals surface area contributed by atoms with Crippen molar-refractivity contribution in [2.75, 3.05) is 0 Å². The molecule has 0 aliphatic rings. The molecule has 2 aromatic heterocycles. The van der Waals surface area contributed by atoms with Crippen LogP contribution in [0.5, 0.6) is 46.0 Å². The Balaban J connectivity index is 1.27. The summed E-state index contributed by atoms with van der Waals surface area (Å²) in [5, 5.41) is 59.1. The van der Waals surface area contributed by atoms with Crippen LogP contribution in [0.15, 0.2) is 85.2 Å². The maximum atomic E-state index is 12.6. The largest absolute Gasteiger partial charge is 0.507 e. The lowest BCUT2D eigenvalue weighted by atomic mass is 10.1. The summed E-state index contributed by atoms with van der Waals surface area (Å²) in [6.07, 6.45) is 5.77. The van der Waals surface area contributed by atoms with Crippen molar-refractivity contribution < 1.29 is 48.9 Å². The van der Waals surface area contributed by atoms with Crippen LogP contribution in [0.1, 0.15) is 39.3 Å². The molecule has 5 aromatic rings. The number of rotatable bonds is 10. The highest BCUT2D eigenvalue weighted by Gasteiger charge is 2.16. The van der Waals surface area contributed by atoms with Gasteiger partial charge in [-0.25, -0.2) is 9.59 Å². The van der Waals surface area contributed by atoms with E-state index < -0.39 is 36.0 Å². The molecule has 0 spiro atoms. The van der Waals surface area contributed by atoms with E-state index >= 15 is 0 Å². The lowest BCUT2D eigenvalue weighted by Crippen LogP contribution is -2.13. The highest BCUT2D eigenvalue weighted by Crippen LogP contribution is 2.32. The van der Waals surface area contributed by atoms with Gasteiger partial charge in [-0.3, -0.25) is 0 Å². The lowest BCUT2D eigenvalue weighted by Gasteiger charge is -2.14. The van der Waals surface area contributed by atoms with Crippen molar-refractivity contribution in [3.05, 3.63) is 134 Å². The number of hydrogen-bond donors (Lipinski definition) is 6. The molecule has 0 bridgehead atoms. The fourth-order valence-electron chi connectivity index (χ4n) is 4.18. The lowest BCUT2D eigenvalue weighted by molar-refractivity contribution is 0.244. The highest BCUT2D eigenvalue weighted by molar-refractivity contribution is 5.70. The Labute approximate surface area is 266 Å². The van der Waals surface area contributed by atoms with Crippen LogP contribution in [-0.4, -0.2) is 30.6 Å². The van der Waals surface area contributed by atoms with Crippen molar-refractivity contribution >= 4 is 24.3 Å². The van der Waals surface area contributed by atoms with Crippen LogP contribution in [0.4, 0.5) is 0 Å². The molecule has 0 saturated carbocycles. The van der Waals surface area contributed by atoms with Gasteiger partial charge in [-0.2, -0.15) is 0 Å². The van der Waals surface area contributed by atoms with E-state index in [1.807, 2.05) is 0 Å². The molecule has 5 rings (SSSR count). The standard InChI is InChI=1S/C35H26O12/c1-19-2-11-32(44-17-24-28(38)15-22(46-34(24)42)7-3-20-5-9-26(36)30(40)13-20)33(12-19)45-18-25-29(39)16-23(47-35(25)43)8-4-21-6-10-27(37)31(41)14-21/h1-16,36-41H,17-18H2. The Kier molecular flexibility index (Phi) is 9.22. The van der Waals surface area contributed by atoms with Gasteiger partial charge >= 0.3 is 11.3 Å². The number of ether oxygens (including phenoxy) is 2. The number of aromatic hydroxyl groups is 6. The third-order valence-electron chi connectivity index (χ3n) is 6.68. The van der Waals surface area contributed by atoms with Crippen LogP contribution >= 0.6 is 0 Å². The van der Waals surface area contributed by atoms with E-state index in [9.17, 15) is 40.2 Å². The predicted octanol–water partition coefficient (Wildman–Crippen LogP) is 5.38. The molecule has 6 N–H and O–H groups in total. The molecule has 0 unspecified atom stereocenters. The van der Waals surface area contributed by atoms with Crippen LogP contribution in [0, 0.1) is 6.92 Å². The molecule has 238 valence electrons. The Bertz CT molecular complexity index is 2120. The zero-order valence-corrected chi connectivity index (χ0v) is 24.3. The molecule has 2 heterocycles. The van der Waals surface area contributed by atoms with Gasteiger partial charge in [0.2, 0.25) is 0 Å². The van der Waals surface area contributed by atoms with Gasteiger partial charge in [0.05, 0.1) is 0 Å². The number of hydrogen-bond acceptors (Lipinski definition) is 12. The van der Waals surface area contributed by atoms with Gasteiger partial charge in [-0.05, 0) is 72.2 Å². The summed E-state index contributed by atoms with van der Waals surface area (Å²) in [7, 11) is 0. The number of benzene rings is 3. The first kappa shape index (κ1) is 31.9. The quantitative estimate of drug-likeness (QED) is 0.107. The van der Waals surface area contributed by atoms with E-state index in [1.54, 1.807) is 0 Å². The van der Waals surface area contributed by atoms with Gasteiger partial charge in [-0.1, -0.05) is 30.4 Å². The molecule has 0 saturated heterocycles. The number of phenolic OH excluding ortho intramolecular Hbond substituents is 4. The maximum Gasteiger partial charge on any atom is 0.346 e. The second-order valence-corrected chi connectivity index (χ2v) is 10.0. The van der Waals surface area contributed by atoms with Crippen molar-refractivity contribution in [1.82, 2.24) is 0 Å². The van der Waals surface area contributed by atoms with Crippen molar-refractivity contribution in [2.45, 2.75) is 13.2 Å². The Morgan fingerprint density at radius 1 is 0.532 bits per heavy atom. The monoisotopic (exact) mass is 638 g/mol.